The van der Waals surface area contributed by atoms with Gasteiger partial charge in [-0.1, -0.05) is 18.2 Å². The van der Waals surface area contributed by atoms with Crippen LogP contribution in [-0.2, 0) is 16.1 Å². The van der Waals surface area contributed by atoms with Gasteiger partial charge in [-0.3, -0.25) is 24.6 Å². The molecule has 4 aliphatic rings. The number of carbonyl (C=O) groups is 3. The molecule has 11 heteroatoms. The van der Waals surface area contributed by atoms with E-state index >= 15 is 0 Å². The summed E-state index contributed by atoms with van der Waals surface area (Å²) in [5, 5.41) is 12.9. The Morgan fingerprint density at radius 1 is 0.923 bits per heavy atom. The molecule has 11 nitrogen and oxygen atoms in total. The van der Waals surface area contributed by atoms with Gasteiger partial charge < -0.3 is 24.4 Å². The maximum absolute atomic E-state index is 13.1. The highest BCUT2D eigenvalue weighted by Crippen LogP contribution is 2.37. The maximum atomic E-state index is 13.1. The van der Waals surface area contributed by atoms with Crippen LogP contribution in [0.25, 0.3) is 10.9 Å². The SMILES string of the molecule is Cc1ccc(N2CCC(c3ccc(OCCCCN4CCN(c5ccc6c(c5)CN(C5CCC(=O)NC5=O)C6=O)CC4)cc3)C2)c2[nH]cc(C#N)c12. The largest absolute Gasteiger partial charge is 0.494 e. The van der Waals surface area contributed by atoms with E-state index in [4.69, 9.17) is 4.74 Å². The number of benzene rings is 3. The Morgan fingerprint density at radius 3 is 2.54 bits per heavy atom. The highest BCUT2D eigenvalue weighted by atomic mass is 16.5. The number of H-pyrrole nitrogens is 1. The number of nitrogens with zero attached hydrogens (tertiary/aromatic N) is 5. The quantitative estimate of drug-likeness (QED) is 0.174. The van der Waals surface area contributed by atoms with Crippen LogP contribution in [0, 0.1) is 18.3 Å². The second-order valence-electron chi connectivity index (χ2n) is 14.6. The number of ether oxygens (including phenoxy) is 1. The molecule has 3 aromatic carbocycles. The lowest BCUT2D eigenvalue weighted by Crippen LogP contribution is -2.52. The first-order chi connectivity index (χ1) is 25.4. The lowest BCUT2D eigenvalue weighted by Gasteiger charge is -2.36. The lowest BCUT2D eigenvalue weighted by atomic mass is 9.98. The lowest BCUT2D eigenvalue weighted by molar-refractivity contribution is -0.136. The van der Waals surface area contributed by atoms with Gasteiger partial charge in [-0.2, -0.15) is 5.26 Å². The van der Waals surface area contributed by atoms with E-state index in [0.717, 1.165) is 98.5 Å². The Hall–Kier alpha value is -5.34. The average molecular weight is 700 g/mol. The van der Waals surface area contributed by atoms with Crippen molar-refractivity contribution in [1.29, 1.82) is 5.26 Å². The number of amides is 3. The molecule has 1 aromatic heterocycles. The fraction of sp³-hybridized carbons (Fsp3) is 0.415. The monoisotopic (exact) mass is 699 g/mol. The fourth-order valence-electron chi connectivity index (χ4n) is 8.46. The van der Waals surface area contributed by atoms with Crippen LogP contribution in [0.15, 0.2) is 60.8 Å². The number of rotatable bonds is 10. The van der Waals surface area contributed by atoms with Crippen LogP contribution in [-0.4, -0.2) is 91.0 Å². The molecule has 2 N–H and O–H groups in total. The van der Waals surface area contributed by atoms with Crippen molar-refractivity contribution in [3.8, 4) is 11.8 Å². The Balaban J connectivity index is 0.754. The molecule has 3 saturated heterocycles. The van der Waals surface area contributed by atoms with Crippen molar-refractivity contribution >= 4 is 40.0 Å². The summed E-state index contributed by atoms with van der Waals surface area (Å²) in [5.74, 6) is 0.591. The number of piperazine rings is 1. The summed E-state index contributed by atoms with van der Waals surface area (Å²) in [7, 11) is 0. The van der Waals surface area contributed by atoms with Gasteiger partial charge in [-0.05, 0) is 92.2 Å². The van der Waals surface area contributed by atoms with Crippen LogP contribution in [0.5, 0.6) is 5.75 Å². The van der Waals surface area contributed by atoms with E-state index in [1.165, 1.54) is 11.3 Å². The van der Waals surface area contributed by atoms with Crippen molar-refractivity contribution < 1.29 is 19.1 Å². The number of anilines is 2. The van der Waals surface area contributed by atoms with Crippen molar-refractivity contribution in [2.24, 2.45) is 0 Å². The molecule has 52 heavy (non-hydrogen) atoms. The number of nitrogens with one attached hydrogen (secondary N) is 2. The third-order valence-corrected chi connectivity index (χ3v) is 11.4. The fourth-order valence-corrected chi connectivity index (χ4v) is 8.46. The molecule has 2 unspecified atom stereocenters. The Morgan fingerprint density at radius 2 is 1.75 bits per heavy atom. The smallest absolute Gasteiger partial charge is 0.255 e. The Kier molecular flexibility index (Phi) is 9.32. The summed E-state index contributed by atoms with van der Waals surface area (Å²) >= 11 is 0. The van der Waals surface area contributed by atoms with Crippen molar-refractivity contribution in [3.63, 3.8) is 0 Å². The first kappa shape index (κ1) is 33.8. The highest BCUT2D eigenvalue weighted by Gasteiger charge is 2.39. The van der Waals surface area contributed by atoms with Crippen LogP contribution in [0.3, 0.4) is 0 Å². The maximum Gasteiger partial charge on any atom is 0.255 e. The first-order valence-corrected chi connectivity index (χ1v) is 18.6. The molecule has 4 aromatic rings. The molecule has 268 valence electrons. The number of aryl methyl sites for hydroxylation is 1. The van der Waals surface area contributed by atoms with E-state index in [1.807, 2.05) is 18.3 Å². The van der Waals surface area contributed by atoms with E-state index < -0.39 is 6.04 Å². The number of piperidine rings is 1. The zero-order valence-corrected chi connectivity index (χ0v) is 29.7. The van der Waals surface area contributed by atoms with E-state index in [1.54, 1.807) is 4.90 Å². The standard InChI is InChI=1S/C41H45N7O4/c1-27-4-11-35(39-38(27)31(23-42)24-43-39)47-16-14-29(25-47)28-5-8-33(9-6-28)52-21-3-2-15-45-17-19-46(20-18-45)32-7-10-34-30(22-32)26-48(41(34)51)36-12-13-37(49)44-40(36)50/h4-11,22,24,29,36,43H,2-3,12-21,25-26H2,1H3,(H,44,49,50). The van der Waals surface area contributed by atoms with Gasteiger partial charge in [-0.25, -0.2) is 0 Å². The predicted molar refractivity (Wildman–Crippen MR) is 200 cm³/mol. The molecule has 0 saturated carbocycles. The van der Waals surface area contributed by atoms with Crippen LogP contribution < -0.4 is 19.9 Å². The van der Waals surface area contributed by atoms with Crippen molar-refractivity contribution in [2.75, 3.05) is 62.2 Å². The number of hydrogen-bond donors (Lipinski definition) is 2. The number of aromatic amines is 1. The number of nitriles is 1. The number of imide groups is 1. The van der Waals surface area contributed by atoms with E-state index in [-0.39, 0.29) is 24.1 Å². The van der Waals surface area contributed by atoms with Gasteiger partial charge in [0, 0.05) is 81.0 Å². The van der Waals surface area contributed by atoms with Gasteiger partial charge in [0.2, 0.25) is 11.8 Å². The Bertz CT molecular complexity index is 2040. The minimum atomic E-state index is -0.589. The number of carbonyl (C=O) groups excluding carboxylic acids is 3. The summed E-state index contributed by atoms with van der Waals surface area (Å²) in [5.41, 5.74) is 8.10. The normalized spacial score (nSPS) is 20.8. The van der Waals surface area contributed by atoms with Gasteiger partial charge in [0.05, 0.1) is 23.4 Å². The molecule has 5 heterocycles. The number of fused-ring (bicyclic) bond motifs is 2. The molecule has 3 amide bonds. The van der Waals surface area contributed by atoms with Gasteiger partial charge in [-0.15, -0.1) is 0 Å². The second kappa shape index (κ2) is 14.4. The van der Waals surface area contributed by atoms with Crippen LogP contribution >= 0.6 is 0 Å². The minimum absolute atomic E-state index is 0.131. The number of aromatic nitrogens is 1. The third-order valence-electron chi connectivity index (χ3n) is 11.4. The summed E-state index contributed by atoms with van der Waals surface area (Å²) in [4.78, 5) is 49.3. The summed E-state index contributed by atoms with van der Waals surface area (Å²) in [6.45, 7) is 9.97. The van der Waals surface area contributed by atoms with E-state index in [2.05, 4.69) is 80.5 Å². The van der Waals surface area contributed by atoms with Gasteiger partial charge in [0.1, 0.15) is 17.9 Å². The average Bonchev–Trinajstić information content (AvgIpc) is 3.90. The van der Waals surface area contributed by atoms with Crippen molar-refractivity contribution in [1.82, 2.24) is 20.1 Å². The van der Waals surface area contributed by atoms with Crippen molar-refractivity contribution in [2.45, 2.75) is 57.5 Å². The van der Waals surface area contributed by atoms with Crippen LogP contribution in [0.4, 0.5) is 11.4 Å². The summed E-state index contributed by atoms with van der Waals surface area (Å²) < 4.78 is 6.12. The summed E-state index contributed by atoms with van der Waals surface area (Å²) in [6.07, 6.45) is 5.62. The van der Waals surface area contributed by atoms with Gasteiger partial charge in [0.15, 0.2) is 0 Å². The second-order valence-corrected chi connectivity index (χ2v) is 14.6. The number of hydrogen-bond acceptors (Lipinski definition) is 8. The molecular formula is C41H45N7O4. The molecule has 0 bridgehead atoms. The third kappa shape index (κ3) is 6.59. The minimum Gasteiger partial charge on any atom is -0.494 e. The molecule has 0 aliphatic carbocycles. The first-order valence-electron chi connectivity index (χ1n) is 18.6. The van der Waals surface area contributed by atoms with Crippen LogP contribution in [0.2, 0.25) is 0 Å². The topological polar surface area (TPSA) is 125 Å². The van der Waals surface area contributed by atoms with Gasteiger partial charge >= 0.3 is 0 Å². The van der Waals surface area contributed by atoms with E-state index in [0.29, 0.717) is 36.6 Å². The Labute approximate surface area is 304 Å². The molecule has 0 radical (unpaired) electrons. The van der Waals surface area contributed by atoms with Gasteiger partial charge in [0.25, 0.3) is 5.91 Å². The molecule has 2 atom stereocenters. The predicted octanol–water partition coefficient (Wildman–Crippen LogP) is 5.08. The number of unbranched alkanes of at least 4 members (excludes halogenated alkanes) is 1. The summed E-state index contributed by atoms with van der Waals surface area (Å²) in [6, 6.07) is 20.7. The molecule has 4 aliphatic heterocycles. The highest BCUT2D eigenvalue weighted by molar-refractivity contribution is 6.05. The molecule has 3 fully saturated rings. The van der Waals surface area contributed by atoms with Crippen molar-refractivity contribution in [3.05, 3.63) is 88.6 Å². The molecule has 8 rings (SSSR count). The zero-order valence-electron chi connectivity index (χ0n) is 29.7. The zero-order chi connectivity index (χ0) is 35.8. The molecule has 0 spiro atoms. The van der Waals surface area contributed by atoms with Crippen LogP contribution in [0.1, 0.15) is 70.6 Å². The van der Waals surface area contributed by atoms with E-state index in [9.17, 15) is 19.6 Å². The molecular weight excluding hydrogens is 654 g/mol.